The van der Waals surface area contributed by atoms with E-state index in [1.54, 1.807) is 0 Å². The number of nitrogens with one attached hydrogen (secondary N) is 1. The van der Waals surface area contributed by atoms with Crippen LogP contribution in [0.1, 0.15) is 48.0 Å². The SMILES string of the molecule is CN(CC(C)(C)C)CC1(CNC(C)(C)C)CCOC1. The Balaban J connectivity index is 2.56. The molecule has 0 aromatic rings. The first-order valence-electron chi connectivity index (χ1n) is 7.53. The lowest BCUT2D eigenvalue weighted by Crippen LogP contribution is -2.49. The molecule has 114 valence electrons. The van der Waals surface area contributed by atoms with Crippen molar-refractivity contribution in [3.05, 3.63) is 0 Å². The molecule has 1 N–H and O–H groups in total. The van der Waals surface area contributed by atoms with Gasteiger partial charge < -0.3 is 15.0 Å². The van der Waals surface area contributed by atoms with Crippen LogP contribution in [0.25, 0.3) is 0 Å². The zero-order chi connectivity index (χ0) is 14.7. The molecule has 0 spiro atoms. The van der Waals surface area contributed by atoms with Gasteiger partial charge in [-0.15, -0.1) is 0 Å². The predicted molar refractivity (Wildman–Crippen MR) is 82.6 cm³/mol. The summed E-state index contributed by atoms with van der Waals surface area (Å²) < 4.78 is 5.69. The van der Waals surface area contributed by atoms with Gasteiger partial charge in [-0.1, -0.05) is 20.8 Å². The van der Waals surface area contributed by atoms with E-state index in [1.165, 1.54) is 6.42 Å². The van der Waals surface area contributed by atoms with Crippen molar-refractivity contribution < 1.29 is 4.74 Å². The van der Waals surface area contributed by atoms with Crippen LogP contribution in [0, 0.1) is 10.8 Å². The molecule has 1 rings (SSSR count). The van der Waals surface area contributed by atoms with E-state index in [-0.39, 0.29) is 11.0 Å². The Kier molecular flexibility index (Phi) is 5.44. The summed E-state index contributed by atoms with van der Waals surface area (Å²) in [6.45, 7) is 18.7. The van der Waals surface area contributed by atoms with Gasteiger partial charge in [-0.3, -0.25) is 0 Å². The van der Waals surface area contributed by atoms with Gasteiger partial charge in [0.25, 0.3) is 0 Å². The topological polar surface area (TPSA) is 24.5 Å². The van der Waals surface area contributed by atoms with Crippen LogP contribution in [-0.2, 0) is 4.74 Å². The lowest BCUT2D eigenvalue weighted by Gasteiger charge is -2.37. The summed E-state index contributed by atoms with van der Waals surface area (Å²) in [5, 5.41) is 3.67. The van der Waals surface area contributed by atoms with Gasteiger partial charge >= 0.3 is 0 Å². The maximum Gasteiger partial charge on any atom is 0.0547 e. The Morgan fingerprint density at radius 2 is 1.79 bits per heavy atom. The Hall–Kier alpha value is -0.120. The van der Waals surface area contributed by atoms with Crippen molar-refractivity contribution in [2.75, 3.05) is 39.9 Å². The van der Waals surface area contributed by atoms with Crippen LogP contribution < -0.4 is 5.32 Å². The minimum Gasteiger partial charge on any atom is -0.381 e. The summed E-state index contributed by atoms with van der Waals surface area (Å²) in [6.07, 6.45) is 1.17. The molecule has 1 aliphatic rings. The standard InChI is InChI=1S/C16H34N2O/c1-14(2,3)11-18(7)12-16(8-9-19-13-16)10-17-15(4,5)6/h17H,8-13H2,1-7H3. The molecule has 0 aliphatic carbocycles. The predicted octanol–water partition coefficient (Wildman–Crippen LogP) is 2.76. The zero-order valence-corrected chi connectivity index (χ0v) is 14.1. The summed E-state index contributed by atoms with van der Waals surface area (Å²) in [5.74, 6) is 0. The molecule has 0 radical (unpaired) electrons. The maximum absolute atomic E-state index is 5.69. The second-order valence-corrected chi connectivity index (χ2v) is 8.64. The van der Waals surface area contributed by atoms with Gasteiger partial charge in [0.15, 0.2) is 0 Å². The fourth-order valence-corrected chi connectivity index (χ4v) is 2.86. The second kappa shape index (κ2) is 6.11. The van der Waals surface area contributed by atoms with E-state index < -0.39 is 0 Å². The average molecular weight is 270 g/mol. The Morgan fingerprint density at radius 3 is 2.21 bits per heavy atom. The lowest BCUT2D eigenvalue weighted by atomic mass is 9.85. The van der Waals surface area contributed by atoms with Crippen molar-refractivity contribution >= 4 is 0 Å². The molecule has 19 heavy (non-hydrogen) atoms. The molecule has 3 heteroatoms. The van der Waals surface area contributed by atoms with Gasteiger partial charge in [0.05, 0.1) is 6.61 Å². The fourth-order valence-electron chi connectivity index (χ4n) is 2.86. The molecular weight excluding hydrogens is 236 g/mol. The van der Waals surface area contributed by atoms with Crippen LogP contribution in [0.3, 0.4) is 0 Å². The highest BCUT2D eigenvalue weighted by atomic mass is 16.5. The summed E-state index contributed by atoms with van der Waals surface area (Å²) in [6, 6.07) is 0. The Labute approximate surface area is 120 Å². The quantitative estimate of drug-likeness (QED) is 0.831. The molecule has 0 bridgehead atoms. The van der Waals surface area contributed by atoms with Gasteiger partial charge in [0.2, 0.25) is 0 Å². The number of hydrogen-bond donors (Lipinski definition) is 1. The van der Waals surface area contributed by atoms with Crippen LogP contribution >= 0.6 is 0 Å². The number of nitrogens with zero attached hydrogens (tertiary/aromatic N) is 1. The van der Waals surface area contributed by atoms with Crippen molar-refractivity contribution in [1.82, 2.24) is 10.2 Å². The molecule has 1 atom stereocenters. The van der Waals surface area contributed by atoms with E-state index in [4.69, 9.17) is 4.74 Å². The Morgan fingerprint density at radius 1 is 1.16 bits per heavy atom. The third-order valence-electron chi connectivity index (χ3n) is 3.53. The molecule has 3 nitrogen and oxygen atoms in total. The highest BCUT2D eigenvalue weighted by Crippen LogP contribution is 2.30. The molecule has 0 aromatic carbocycles. The van der Waals surface area contributed by atoms with Crippen LogP contribution in [0.15, 0.2) is 0 Å². The largest absolute Gasteiger partial charge is 0.381 e. The molecule has 1 unspecified atom stereocenters. The summed E-state index contributed by atoms with van der Waals surface area (Å²) in [7, 11) is 2.24. The summed E-state index contributed by atoms with van der Waals surface area (Å²) in [5.41, 5.74) is 0.818. The van der Waals surface area contributed by atoms with Crippen LogP contribution in [0.5, 0.6) is 0 Å². The van der Waals surface area contributed by atoms with Gasteiger partial charge in [-0.05, 0) is 39.7 Å². The van der Waals surface area contributed by atoms with Crippen LogP contribution in [0.4, 0.5) is 0 Å². The van der Waals surface area contributed by atoms with Crippen molar-refractivity contribution in [3.63, 3.8) is 0 Å². The molecule has 1 fully saturated rings. The molecule has 0 amide bonds. The summed E-state index contributed by atoms with van der Waals surface area (Å²) >= 11 is 0. The number of hydrogen-bond acceptors (Lipinski definition) is 3. The molecule has 1 aliphatic heterocycles. The highest BCUT2D eigenvalue weighted by Gasteiger charge is 2.37. The van der Waals surface area contributed by atoms with E-state index in [9.17, 15) is 0 Å². The van der Waals surface area contributed by atoms with E-state index >= 15 is 0 Å². The highest BCUT2D eigenvalue weighted by molar-refractivity contribution is 4.90. The third-order valence-corrected chi connectivity index (χ3v) is 3.53. The molecular formula is C16H34N2O. The Bertz CT molecular complexity index is 269. The van der Waals surface area contributed by atoms with Crippen LogP contribution in [0.2, 0.25) is 0 Å². The van der Waals surface area contributed by atoms with E-state index in [2.05, 4.69) is 58.8 Å². The fraction of sp³-hybridized carbons (Fsp3) is 1.00. The molecule has 1 heterocycles. The minimum absolute atomic E-state index is 0.179. The normalized spacial score (nSPS) is 25.3. The summed E-state index contributed by atoms with van der Waals surface area (Å²) in [4.78, 5) is 2.47. The van der Waals surface area contributed by atoms with Crippen molar-refractivity contribution in [3.8, 4) is 0 Å². The first-order valence-corrected chi connectivity index (χ1v) is 7.53. The first kappa shape index (κ1) is 16.9. The van der Waals surface area contributed by atoms with Crippen molar-refractivity contribution in [1.29, 1.82) is 0 Å². The van der Waals surface area contributed by atoms with Gasteiger partial charge in [-0.25, -0.2) is 0 Å². The van der Waals surface area contributed by atoms with Gasteiger partial charge in [0.1, 0.15) is 0 Å². The second-order valence-electron chi connectivity index (χ2n) is 8.64. The van der Waals surface area contributed by atoms with Crippen LogP contribution in [-0.4, -0.2) is 50.3 Å². The van der Waals surface area contributed by atoms with Gasteiger partial charge in [0, 0.05) is 37.2 Å². The van der Waals surface area contributed by atoms with E-state index in [1.807, 2.05) is 0 Å². The molecule has 1 saturated heterocycles. The molecule has 0 saturated carbocycles. The van der Waals surface area contributed by atoms with E-state index in [0.717, 1.165) is 32.8 Å². The van der Waals surface area contributed by atoms with Crippen molar-refractivity contribution in [2.45, 2.75) is 53.5 Å². The first-order chi connectivity index (χ1) is 8.52. The minimum atomic E-state index is 0.179. The number of rotatable bonds is 5. The van der Waals surface area contributed by atoms with Crippen molar-refractivity contribution in [2.24, 2.45) is 10.8 Å². The maximum atomic E-state index is 5.69. The average Bonchev–Trinajstić information content (AvgIpc) is 2.60. The van der Waals surface area contributed by atoms with Gasteiger partial charge in [-0.2, -0.15) is 0 Å². The number of ether oxygens (including phenoxy) is 1. The smallest absolute Gasteiger partial charge is 0.0547 e. The third kappa shape index (κ3) is 6.73. The lowest BCUT2D eigenvalue weighted by molar-refractivity contribution is 0.0989. The van der Waals surface area contributed by atoms with E-state index in [0.29, 0.717) is 5.41 Å². The monoisotopic (exact) mass is 270 g/mol. The zero-order valence-electron chi connectivity index (χ0n) is 14.1. The molecule has 0 aromatic heterocycles.